The lowest BCUT2D eigenvalue weighted by atomic mass is 10.1. The predicted molar refractivity (Wildman–Crippen MR) is 118 cm³/mol. The van der Waals surface area contributed by atoms with E-state index in [9.17, 15) is 9.50 Å². The van der Waals surface area contributed by atoms with Gasteiger partial charge >= 0.3 is 0 Å². The third-order valence-corrected chi connectivity index (χ3v) is 7.13. The number of anilines is 1. The van der Waals surface area contributed by atoms with Gasteiger partial charge in [0.1, 0.15) is 11.6 Å². The predicted octanol–water partition coefficient (Wildman–Crippen LogP) is 2.96. The maximum absolute atomic E-state index is 14.4. The van der Waals surface area contributed by atoms with Crippen LogP contribution in [-0.2, 0) is 13.1 Å². The second-order valence-electron chi connectivity index (χ2n) is 8.13. The van der Waals surface area contributed by atoms with E-state index >= 15 is 0 Å². The number of aromatic nitrogens is 1. The molecule has 1 aromatic carbocycles. The van der Waals surface area contributed by atoms with Crippen LogP contribution in [0.15, 0.2) is 24.4 Å². The topological polar surface area (TPSA) is 52.1 Å². The zero-order chi connectivity index (χ0) is 20.9. The molecule has 30 heavy (non-hydrogen) atoms. The van der Waals surface area contributed by atoms with Crippen LogP contribution in [0.4, 0.5) is 9.52 Å². The fourth-order valence-electron chi connectivity index (χ4n) is 4.38. The number of rotatable bonds is 8. The van der Waals surface area contributed by atoms with Gasteiger partial charge in [-0.2, -0.15) is 0 Å². The van der Waals surface area contributed by atoms with Crippen molar-refractivity contribution in [3.8, 4) is 5.75 Å². The molecular weight excluding hydrogens is 403 g/mol. The molecule has 2 fully saturated rings. The van der Waals surface area contributed by atoms with Crippen LogP contribution in [0, 0.1) is 5.82 Å². The molecule has 8 heteroatoms. The molecule has 4 rings (SSSR count). The lowest BCUT2D eigenvalue weighted by molar-refractivity contribution is 0.0497. The smallest absolute Gasteiger partial charge is 0.185 e. The number of halogens is 1. The molecule has 164 valence electrons. The van der Waals surface area contributed by atoms with Crippen molar-refractivity contribution < 1.29 is 14.2 Å². The molecule has 2 aliphatic heterocycles. The van der Waals surface area contributed by atoms with Crippen molar-refractivity contribution in [1.29, 1.82) is 0 Å². The Kier molecular flexibility index (Phi) is 7.20. The summed E-state index contributed by atoms with van der Waals surface area (Å²) in [5, 5.41) is 10.7. The molecule has 1 atom stereocenters. The highest BCUT2D eigenvalue weighted by Crippen LogP contribution is 2.28. The first-order chi connectivity index (χ1) is 14.7. The lowest BCUT2D eigenvalue weighted by Gasteiger charge is -2.41. The van der Waals surface area contributed by atoms with Gasteiger partial charge in [-0.3, -0.25) is 9.80 Å². The Morgan fingerprint density at radius 3 is 2.77 bits per heavy atom. The average Bonchev–Trinajstić information content (AvgIpc) is 3.43. The standard InChI is InChI=1S/C22H31FN4O2S/c1-29-19-5-4-17(21(23)12-19)14-27-10-9-25(15-18(27)6-11-28)16-20-13-24-22(30-20)26-7-2-3-8-26/h4-5,12-13,18,28H,2-3,6-11,14-16H2,1H3/t18-/m1/s1. The van der Waals surface area contributed by atoms with Gasteiger partial charge in [-0.1, -0.05) is 6.07 Å². The first-order valence-corrected chi connectivity index (χ1v) is 11.6. The first-order valence-electron chi connectivity index (χ1n) is 10.8. The number of benzene rings is 1. The Labute approximate surface area is 181 Å². The zero-order valence-corrected chi connectivity index (χ0v) is 18.4. The van der Waals surface area contributed by atoms with Crippen LogP contribution in [0.25, 0.3) is 0 Å². The molecule has 1 N–H and O–H groups in total. The van der Waals surface area contributed by atoms with E-state index in [-0.39, 0.29) is 18.5 Å². The maximum atomic E-state index is 14.4. The summed E-state index contributed by atoms with van der Waals surface area (Å²) in [6, 6.07) is 5.25. The third-order valence-electron chi connectivity index (χ3n) is 6.08. The van der Waals surface area contributed by atoms with E-state index < -0.39 is 0 Å². The number of piperazine rings is 1. The van der Waals surface area contributed by atoms with E-state index in [1.165, 1.54) is 23.8 Å². The highest BCUT2D eigenvalue weighted by Gasteiger charge is 2.28. The molecule has 0 saturated carbocycles. The van der Waals surface area contributed by atoms with Crippen molar-refractivity contribution in [2.45, 2.75) is 38.4 Å². The number of hydrogen-bond acceptors (Lipinski definition) is 7. The van der Waals surface area contributed by atoms with Crippen LogP contribution < -0.4 is 9.64 Å². The van der Waals surface area contributed by atoms with Crippen LogP contribution in [0.2, 0.25) is 0 Å². The zero-order valence-electron chi connectivity index (χ0n) is 17.6. The van der Waals surface area contributed by atoms with Crippen molar-refractivity contribution in [3.05, 3.63) is 40.7 Å². The highest BCUT2D eigenvalue weighted by atomic mass is 32.1. The van der Waals surface area contributed by atoms with Gasteiger partial charge in [-0.05, 0) is 25.3 Å². The van der Waals surface area contributed by atoms with Crippen LogP contribution in [-0.4, -0.2) is 72.4 Å². The average molecular weight is 435 g/mol. The second-order valence-corrected chi connectivity index (χ2v) is 9.23. The van der Waals surface area contributed by atoms with Crippen molar-refractivity contribution in [2.75, 3.05) is 51.3 Å². The van der Waals surface area contributed by atoms with Crippen LogP contribution in [0.3, 0.4) is 0 Å². The molecule has 1 aromatic heterocycles. The van der Waals surface area contributed by atoms with Gasteiger partial charge in [-0.25, -0.2) is 9.37 Å². The van der Waals surface area contributed by atoms with Crippen molar-refractivity contribution in [2.24, 2.45) is 0 Å². The molecule has 0 radical (unpaired) electrons. The van der Waals surface area contributed by atoms with E-state index in [1.807, 2.05) is 6.20 Å². The van der Waals surface area contributed by atoms with E-state index in [0.717, 1.165) is 44.4 Å². The minimum atomic E-state index is -0.237. The molecule has 0 bridgehead atoms. The van der Waals surface area contributed by atoms with Gasteiger partial charge in [0.05, 0.1) is 7.11 Å². The quantitative estimate of drug-likeness (QED) is 0.690. The van der Waals surface area contributed by atoms with Crippen LogP contribution >= 0.6 is 11.3 Å². The number of aliphatic hydroxyl groups is 1. The van der Waals surface area contributed by atoms with Gasteiger partial charge in [0.25, 0.3) is 0 Å². The molecule has 2 aliphatic rings. The number of thiazole rings is 1. The van der Waals surface area contributed by atoms with Gasteiger partial charge < -0.3 is 14.7 Å². The fraction of sp³-hybridized carbons (Fsp3) is 0.591. The Balaban J connectivity index is 1.37. The Hall–Kier alpha value is -1.74. The Morgan fingerprint density at radius 1 is 1.20 bits per heavy atom. The summed E-state index contributed by atoms with van der Waals surface area (Å²) in [5.74, 6) is 0.296. The Bertz CT molecular complexity index is 827. The minimum absolute atomic E-state index is 0.139. The summed E-state index contributed by atoms with van der Waals surface area (Å²) in [6.45, 7) is 6.46. The molecular formula is C22H31FN4O2S. The summed E-state index contributed by atoms with van der Waals surface area (Å²) in [5.41, 5.74) is 0.671. The van der Waals surface area contributed by atoms with Crippen molar-refractivity contribution in [1.82, 2.24) is 14.8 Å². The normalized spacial score (nSPS) is 20.8. The molecule has 0 aliphatic carbocycles. The van der Waals surface area contributed by atoms with E-state index in [4.69, 9.17) is 4.74 Å². The monoisotopic (exact) mass is 434 g/mol. The summed E-state index contributed by atoms with van der Waals surface area (Å²) >= 11 is 1.80. The second kappa shape index (κ2) is 10.0. The molecule has 2 saturated heterocycles. The van der Waals surface area contributed by atoms with E-state index in [1.54, 1.807) is 30.6 Å². The van der Waals surface area contributed by atoms with Gasteiger partial charge in [-0.15, -0.1) is 11.3 Å². The number of hydrogen-bond donors (Lipinski definition) is 1. The molecule has 2 aromatic rings. The Morgan fingerprint density at radius 2 is 2.03 bits per heavy atom. The van der Waals surface area contributed by atoms with Gasteiger partial charge in [0.2, 0.25) is 0 Å². The van der Waals surface area contributed by atoms with E-state index in [2.05, 4.69) is 19.7 Å². The maximum Gasteiger partial charge on any atom is 0.185 e. The number of aliphatic hydroxyl groups excluding tert-OH is 1. The molecule has 6 nitrogen and oxygen atoms in total. The summed E-state index contributed by atoms with van der Waals surface area (Å²) in [7, 11) is 1.54. The highest BCUT2D eigenvalue weighted by molar-refractivity contribution is 7.15. The van der Waals surface area contributed by atoms with Crippen molar-refractivity contribution >= 4 is 16.5 Å². The SMILES string of the molecule is COc1ccc(CN2CCN(Cc3cnc(N4CCCC4)s3)C[C@H]2CCO)c(F)c1. The summed E-state index contributed by atoms with van der Waals surface area (Å²) < 4.78 is 19.5. The van der Waals surface area contributed by atoms with Crippen LogP contribution in [0.5, 0.6) is 5.75 Å². The number of methoxy groups -OCH3 is 1. The fourth-order valence-corrected chi connectivity index (χ4v) is 5.38. The van der Waals surface area contributed by atoms with Gasteiger partial charge in [0.15, 0.2) is 5.13 Å². The number of ether oxygens (including phenoxy) is 1. The lowest BCUT2D eigenvalue weighted by Crippen LogP contribution is -2.52. The molecule has 3 heterocycles. The summed E-state index contributed by atoms with van der Waals surface area (Å²) in [6.07, 6.45) is 5.22. The van der Waals surface area contributed by atoms with Crippen molar-refractivity contribution in [3.63, 3.8) is 0 Å². The number of nitrogens with zero attached hydrogens (tertiary/aromatic N) is 4. The largest absolute Gasteiger partial charge is 0.497 e. The molecule has 0 amide bonds. The minimum Gasteiger partial charge on any atom is -0.497 e. The third kappa shape index (κ3) is 5.11. The molecule has 0 spiro atoms. The van der Waals surface area contributed by atoms with Crippen LogP contribution in [0.1, 0.15) is 29.7 Å². The summed E-state index contributed by atoms with van der Waals surface area (Å²) in [4.78, 5) is 13.0. The van der Waals surface area contributed by atoms with E-state index in [0.29, 0.717) is 24.3 Å². The van der Waals surface area contributed by atoms with Gasteiger partial charge in [0, 0.05) is 81.2 Å². The molecule has 0 unspecified atom stereocenters. The first kappa shape index (κ1) is 21.5.